The number of rotatable bonds is 2. The lowest BCUT2D eigenvalue weighted by Crippen LogP contribution is -2.34. The van der Waals surface area contributed by atoms with E-state index in [2.05, 4.69) is 15.6 Å². The number of amides is 1. The van der Waals surface area contributed by atoms with Crippen LogP contribution in [0, 0.1) is 5.82 Å². The maximum atomic E-state index is 13.6. The Morgan fingerprint density at radius 1 is 1.21 bits per heavy atom. The molecule has 2 aromatic carbocycles. The lowest BCUT2D eigenvalue weighted by atomic mass is 10.2. The van der Waals surface area contributed by atoms with Gasteiger partial charge in [0.2, 0.25) is 0 Å². The Bertz CT molecular complexity index is 961. The van der Waals surface area contributed by atoms with Gasteiger partial charge in [-0.2, -0.15) is 0 Å². The van der Waals surface area contributed by atoms with Gasteiger partial charge in [-0.3, -0.25) is 10.1 Å². The number of hydrogen-bond acceptors (Lipinski definition) is 4. The van der Waals surface area contributed by atoms with Gasteiger partial charge < -0.3 is 5.32 Å². The lowest BCUT2D eigenvalue weighted by molar-refractivity contribution is 0.0974. The number of carbonyl (C=O) groups excluding carboxylic acids is 1. The molecule has 0 saturated heterocycles. The van der Waals surface area contributed by atoms with Crippen molar-refractivity contribution in [1.29, 1.82) is 0 Å². The smallest absolute Gasteiger partial charge is 0.260 e. The average molecular weight is 400 g/mol. The van der Waals surface area contributed by atoms with Crippen LogP contribution in [0.5, 0.6) is 0 Å². The predicted molar refractivity (Wildman–Crippen MR) is 99.7 cm³/mol. The number of anilines is 1. The van der Waals surface area contributed by atoms with E-state index in [1.54, 1.807) is 18.2 Å². The Balaban J connectivity index is 1.74. The van der Waals surface area contributed by atoms with Gasteiger partial charge >= 0.3 is 0 Å². The molecular formula is C15H8Cl2FN3OS2. The van der Waals surface area contributed by atoms with E-state index in [-0.39, 0.29) is 10.7 Å². The van der Waals surface area contributed by atoms with Crippen LogP contribution in [0.1, 0.15) is 10.4 Å². The van der Waals surface area contributed by atoms with E-state index >= 15 is 0 Å². The normalized spacial score (nSPS) is 10.6. The van der Waals surface area contributed by atoms with Gasteiger partial charge in [-0.25, -0.2) is 9.37 Å². The number of nitrogens with zero attached hydrogens (tertiary/aromatic N) is 1. The first-order valence-corrected chi connectivity index (χ1v) is 8.55. The van der Waals surface area contributed by atoms with Crippen LogP contribution < -0.4 is 10.6 Å². The molecule has 0 aliphatic rings. The van der Waals surface area contributed by atoms with Crippen molar-refractivity contribution in [2.24, 2.45) is 0 Å². The molecule has 1 aromatic heterocycles. The molecule has 4 nitrogen and oxygen atoms in total. The van der Waals surface area contributed by atoms with Crippen molar-refractivity contribution in [3.05, 3.63) is 57.8 Å². The number of benzene rings is 2. The SMILES string of the molecule is O=C(NC(=S)Nc1nc2c(Cl)c(Cl)ccc2s1)c1ccccc1F. The van der Waals surface area contributed by atoms with E-state index in [4.69, 9.17) is 35.4 Å². The fourth-order valence-electron chi connectivity index (χ4n) is 1.93. The summed E-state index contributed by atoms with van der Waals surface area (Å²) < 4.78 is 14.4. The van der Waals surface area contributed by atoms with Crippen LogP contribution in [0.2, 0.25) is 10.0 Å². The van der Waals surface area contributed by atoms with Crippen molar-refractivity contribution in [3.63, 3.8) is 0 Å². The first-order valence-electron chi connectivity index (χ1n) is 6.57. The number of thiazole rings is 1. The summed E-state index contributed by atoms with van der Waals surface area (Å²) in [7, 11) is 0. The fraction of sp³-hybridized carbons (Fsp3) is 0. The first-order chi connectivity index (χ1) is 11.5. The molecule has 0 unspecified atom stereocenters. The van der Waals surface area contributed by atoms with E-state index in [1.165, 1.54) is 29.5 Å². The number of thiocarbonyl (C=S) groups is 1. The van der Waals surface area contributed by atoms with E-state index in [9.17, 15) is 9.18 Å². The van der Waals surface area contributed by atoms with Gasteiger partial charge in [0.15, 0.2) is 10.2 Å². The lowest BCUT2D eigenvalue weighted by Gasteiger charge is -2.07. The van der Waals surface area contributed by atoms with E-state index < -0.39 is 11.7 Å². The monoisotopic (exact) mass is 399 g/mol. The van der Waals surface area contributed by atoms with Crippen molar-refractivity contribution in [2.45, 2.75) is 0 Å². The van der Waals surface area contributed by atoms with E-state index in [0.29, 0.717) is 20.7 Å². The molecular weight excluding hydrogens is 392 g/mol. The third kappa shape index (κ3) is 3.49. The highest BCUT2D eigenvalue weighted by molar-refractivity contribution is 7.80. The Labute approximate surface area is 155 Å². The quantitative estimate of drug-likeness (QED) is 0.603. The van der Waals surface area contributed by atoms with Gasteiger partial charge in [-0.15, -0.1) is 0 Å². The van der Waals surface area contributed by atoms with Crippen LogP contribution in [-0.2, 0) is 0 Å². The zero-order valence-corrected chi connectivity index (χ0v) is 14.9. The third-order valence-electron chi connectivity index (χ3n) is 3.02. The largest absolute Gasteiger partial charge is 0.308 e. The number of aromatic nitrogens is 1. The summed E-state index contributed by atoms with van der Waals surface area (Å²) >= 11 is 18.4. The average Bonchev–Trinajstić information content (AvgIpc) is 2.94. The molecule has 0 bridgehead atoms. The predicted octanol–water partition coefficient (Wildman–Crippen LogP) is 4.87. The second kappa shape index (κ2) is 6.98. The molecule has 0 aliphatic carbocycles. The van der Waals surface area contributed by atoms with Crippen molar-refractivity contribution in [1.82, 2.24) is 10.3 Å². The molecule has 2 N–H and O–H groups in total. The van der Waals surface area contributed by atoms with Gasteiger partial charge in [-0.1, -0.05) is 46.7 Å². The van der Waals surface area contributed by atoms with Crippen LogP contribution in [0.15, 0.2) is 36.4 Å². The molecule has 0 saturated carbocycles. The standard InChI is InChI=1S/C15H8Cl2FN3OS2/c16-8-5-6-10-12(11(8)17)19-15(24-10)21-14(23)20-13(22)7-3-1-2-4-9(7)18/h1-6H,(H2,19,20,21,22,23). The summed E-state index contributed by atoms with van der Waals surface area (Å²) in [5.41, 5.74) is 0.445. The summed E-state index contributed by atoms with van der Waals surface area (Å²) in [6.07, 6.45) is 0. The van der Waals surface area contributed by atoms with Gasteiger partial charge in [0.05, 0.1) is 20.3 Å². The molecule has 0 radical (unpaired) electrons. The fourth-order valence-corrected chi connectivity index (χ4v) is 3.48. The second-order valence-electron chi connectivity index (χ2n) is 4.62. The van der Waals surface area contributed by atoms with Gasteiger partial charge in [-0.05, 0) is 36.5 Å². The van der Waals surface area contributed by atoms with Crippen molar-refractivity contribution >= 4 is 73.1 Å². The summed E-state index contributed by atoms with van der Waals surface area (Å²) in [6.45, 7) is 0. The van der Waals surface area contributed by atoms with E-state index in [1.807, 2.05) is 0 Å². The maximum absolute atomic E-state index is 13.6. The van der Waals surface area contributed by atoms with E-state index in [0.717, 1.165) is 4.70 Å². The van der Waals surface area contributed by atoms with Crippen molar-refractivity contribution in [2.75, 3.05) is 5.32 Å². The number of carbonyl (C=O) groups is 1. The third-order valence-corrected chi connectivity index (χ3v) is 4.95. The first kappa shape index (κ1) is 17.0. The second-order valence-corrected chi connectivity index (χ2v) is 6.84. The Morgan fingerprint density at radius 3 is 2.71 bits per heavy atom. The number of halogens is 3. The van der Waals surface area contributed by atoms with Gasteiger partial charge in [0.25, 0.3) is 5.91 Å². The maximum Gasteiger partial charge on any atom is 0.260 e. The highest BCUT2D eigenvalue weighted by Crippen LogP contribution is 2.35. The Hall–Kier alpha value is -1.80. The minimum atomic E-state index is -0.646. The summed E-state index contributed by atoms with van der Waals surface area (Å²) in [5, 5.41) is 6.37. The molecule has 3 rings (SSSR count). The zero-order chi connectivity index (χ0) is 17.3. The molecule has 9 heteroatoms. The highest BCUT2D eigenvalue weighted by atomic mass is 35.5. The molecule has 0 fully saturated rings. The number of fused-ring (bicyclic) bond motifs is 1. The molecule has 1 amide bonds. The van der Waals surface area contributed by atoms with Crippen LogP contribution in [0.3, 0.4) is 0 Å². The molecule has 0 aliphatic heterocycles. The molecule has 0 spiro atoms. The van der Waals surface area contributed by atoms with Crippen LogP contribution in [-0.4, -0.2) is 16.0 Å². The Kier molecular flexibility index (Phi) is 4.96. The zero-order valence-electron chi connectivity index (χ0n) is 11.8. The summed E-state index contributed by atoms with van der Waals surface area (Å²) in [4.78, 5) is 16.3. The number of hydrogen-bond donors (Lipinski definition) is 2. The molecule has 122 valence electrons. The molecule has 0 atom stereocenters. The van der Waals surface area contributed by atoms with Crippen LogP contribution in [0.4, 0.5) is 9.52 Å². The van der Waals surface area contributed by atoms with Crippen molar-refractivity contribution in [3.8, 4) is 0 Å². The highest BCUT2D eigenvalue weighted by Gasteiger charge is 2.14. The number of nitrogens with one attached hydrogen (secondary N) is 2. The summed E-state index contributed by atoms with van der Waals surface area (Å²) in [5.74, 6) is -1.27. The minimum absolute atomic E-state index is 0.00419. The summed E-state index contributed by atoms with van der Waals surface area (Å²) in [6, 6.07) is 9.09. The Morgan fingerprint density at radius 2 is 1.96 bits per heavy atom. The minimum Gasteiger partial charge on any atom is -0.308 e. The van der Waals surface area contributed by atoms with Crippen LogP contribution in [0.25, 0.3) is 10.2 Å². The molecule has 24 heavy (non-hydrogen) atoms. The topological polar surface area (TPSA) is 54.0 Å². The van der Waals surface area contributed by atoms with Crippen LogP contribution >= 0.6 is 46.8 Å². The van der Waals surface area contributed by atoms with Gasteiger partial charge in [0.1, 0.15) is 11.3 Å². The molecule has 3 aromatic rings. The molecule has 1 heterocycles. The van der Waals surface area contributed by atoms with Gasteiger partial charge in [0, 0.05) is 0 Å². The van der Waals surface area contributed by atoms with Crippen molar-refractivity contribution < 1.29 is 9.18 Å².